The second-order valence-corrected chi connectivity index (χ2v) is 7.77. The van der Waals surface area contributed by atoms with E-state index in [9.17, 15) is 9.59 Å². The van der Waals surface area contributed by atoms with Crippen LogP contribution in [0.25, 0.3) is 10.9 Å². The molecule has 1 saturated heterocycles. The van der Waals surface area contributed by atoms with Gasteiger partial charge in [0.15, 0.2) is 0 Å². The van der Waals surface area contributed by atoms with Crippen LogP contribution in [-0.2, 0) is 16.1 Å². The third-order valence-electron chi connectivity index (χ3n) is 5.73. The molecule has 0 aliphatic carbocycles. The van der Waals surface area contributed by atoms with E-state index in [1.807, 2.05) is 50.2 Å². The zero-order chi connectivity index (χ0) is 21.3. The smallest absolute Gasteiger partial charge is 0.256 e. The number of benzene rings is 2. The van der Waals surface area contributed by atoms with Crippen molar-refractivity contribution in [3.63, 3.8) is 0 Å². The number of aryl methyl sites for hydroxylation is 2. The lowest BCUT2D eigenvalue weighted by molar-refractivity contribution is -0.127. The third kappa shape index (κ3) is 3.96. The predicted molar refractivity (Wildman–Crippen MR) is 117 cm³/mol. The number of methoxy groups -OCH3 is 1. The molecule has 0 spiro atoms. The summed E-state index contributed by atoms with van der Waals surface area (Å²) in [5, 5.41) is 0.855. The molecule has 2 aromatic carbocycles. The van der Waals surface area contributed by atoms with E-state index in [4.69, 9.17) is 9.47 Å². The SMILES string of the molecule is COc1ccc2[nH]c(=O)c(CN(C(=O)[C@H]3CCCO3)c3ccc(C)c(C)c3)cc2c1. The minimum absolute atomic E-state index is 0.110. The van der Waals surface area contributed by atoms with E-state index in [1.54, 1.807) is 18.1 Å². The second-order valence-electron chi connectivity index (χ2n) is 7.77. The number of hydrogen-bond acceptors (Lipinski definition) is 4. The largest absolute Gasteiger partial charge is 0.497 e. The average molecular weight is 406 g/mol. The van der Waals surface area contributed by atoms with E-state index in [0.717, 1.165) is 34.1 Å². The third-order valence-corrected chi connectivity index (χ3v) is 5.73. The van der Waals surface area contributed by atoms with E-state index in [2.05, 4.69) is 4.98 Å². The Balaban J connectivity index is 1.75. The van der Waals surface area contributed by atoms with Gasteiger partial charge in [-0.25, -0.2) is 0 Å². The Kier molecular flexibility index (Phi) is 5.59. The lowest BCUT2D eigenvalue weighted by atomic mass is 10.1. The highest BCUT2D eigenvalue weighted by Crippen LogP contribution is 2.25. The predicted octanol–water partition coefficient (Wildman–Crippen LogP) is 3.87. The summed E-state index contributed by atoms with van der Waals surface area (Å²) in [7, 11) is 1.61. The minimum Gasteiger partial charge on any atom is -0.497 e. The van der Waals surface area contributed by atoms with Gasteiger partial charge in [-0.15, -0.1) is 0 Å². The minimum atomic E-state index is -0.466. The van der Waals surface area contributed by atoms with Gasteiger partial charge in [0.2, 0.25) is 0 Å². The Labute approximate surface area is 175 Å². The van der Waals surface area contributed by atoms with Crippen molar-refractivity contribution in [3.05, 3.63) is 69.5 Å². The number of amides is 1. The maximum Gasteiger partial charge on any atom is 0.256 e. The summed E-state index contributed by atoms with van der Waals surface area (Å²) in [6, 6.07) is 13.2. The van der Waals surface area contributed by atoms with Crippen LogP contribution in [0.2, 0.25) is 0 Å². The molecule has 0 saturated carbocycles. The Morgan fingerprint density at radius 2 is 2.00 bits per heavy atom. The molecule has 30 heavy (non-hydrogen) atoms. The number of anilines is 1. The molecule has 1 aromatic heterocycles. The molecule has 1 atom stereocenters. The molecule has 156 valence electrons. The molecule has 0 unspecified atom stereocenters. The van der Waals surface area contributed by atoms with Gasteiger partial charge in [0.25, 0.3) is 11.5 Å². The number of aromatic nitrogens is 1. The number of ether oxygens (including phenoxy) is 2. The van der Waals surface area contributed by atoms with Gasteiger partial charge in [-0.1, -0.05) is 6.07 Å². The van der Waals surface area contributed by atoms with Crippen LogP contribution in [0.3, 0.4) is 0 Å². The highest BCUT2D eigenvalue weighted by Gasteiger charge is 2.30. The molecule has 1 N–H and O–H groups in total. The van der Waals surface area contributed by atoms with Crippen molar-refractivity contribution in [3.8, 4) is 5.75 Å². The Morgan fingerprint density at radius 3 is 2.70 bits per heavy atom. The monoisotopic (exact) mass is 406 g/mol. The number of fused-ring (bicyclic) bond motifs is 1. The fourth-order valence-electron chi connectivity index (χ4n) is 3.78. The van der Waals surface area contributed by atoms with Crippen molar-refractivity contribution < 1.29 is 14.3 Å². The number of rotatable bonds is 5. The number of pyridine rings is 1. The van der Waals surface area contributed by atoms with Crippen molar-refractivity contribution in [2.75, 3.05) is 18.6 Å². The number of nitrogens with zero attached hydrogens (tertiary/aromatic N) is 1. The molecule has 1 amide bonds. The first-order valence-electron chi connectivity index (χ1n) is 10.2. The van der Waals surface area contributed by atoms with Gasteiger partial charge in [0.1, 0.15) is 11.9 Å². The lowest BCUT2D eigenvalue weighted by Gasteiger charge is -2.26. The van der Waals surface area contributed by atoms with Gasteiger partial charge < -0.3 is 19.4 Å². The second kappa shape index (κ2) is 8.32. The molecule has 4 rings (SSSR count). The van der Waals surface area contributed by atoms with E-state index in [-0.39, 0.29) is 18.0 Å². The van der Waals surface area contributed by atoms with E-state index in [1.165, 1.54) is 0 Å². The number of aromatic amines is 1. The summed E-state index contributed by atoms with van der Waals surface area (Å²) in [6.07, 6.45) is 1.10. The standard InChI is InChI=1S/C24H26N2O4/c1-15-6-7-19(11-16(15)2)26(24(28)22-5-4-10-30-22)14-18-12-17-13-20(29-3)8-9-21(17)25-23(18)27/h6-9,11-13,22H,4-5,10,14H2,1-3H3,(H,25,27)/t22-/m1/s1. The van der Waals surface area contributed by atoms with Gasteiger partial charge >= 0.3 is 0 Å². The molecule has 6 heteroatoms. The summed E-state index contributed by atoms with van der Waals surface area (Å²) in [4.78, 5) is 30.6. The molecular weight excluding hydrogens is 380 g/mol. The molecule has 1 aliphatic heterocycles. The van der Waals surface area contributed by atoms with Crippen LogP contribution in [0.1, 0.15) is 29.5 Å². The van der Waals surface area contributed by atoms with Crippen molar-refractivity contribution in [1.29, 1.82) is 0 Å². The van der Waals surface area contributed by atoms with Crippen LogP contribution in [0, 0.1) is 13.8 Å². The number of carbonyl (C=O) groups is 1. The van der Waals surface area contributed by atoms with Crippen molar-refractivity contribution >= 4 is 22.5 Å². The van der Waals surface area contributed by atoms with Crippen molar-refractivity contribution in [2.45, 2.75) is 39.3 Å². The van der Waals surface area contributed by atoms with Crippen molar-refractivity contribution in [2.24, 2.45) is 0 Å². The molecule has 3 aromatic rings. The maximum atomic E-state index is 13.3. The molecule has 2 heterocycles. The quantitative estimate of drug-likeness (QED) is 0.698. The fraction of sp³-hybridized carbons (Fsp3) is 0.333. The van der Waals surface area contributed by atoms with Gasteiger partial charge in [-0.3, -0.25) is 9.59 Å². The number of H-pyrrole nitrogens is 1. The molecule has 1 fully saturated rings. The Morgan fingerprint density at radius 1 is 1.17 bits per heavy atom. The summed E-state index contributed by atoms with van der Waals surface area (Å²) in [5.41, 5.74) is 4.05. The fourth-order valence-corrected chi connectivity index (χ4v) is 3.78. The van der Waals surface area contributed by atoms with Gasteiger partial charge in [-0.05, 0) is 74.2 Å². The Bertz CT molecular complexity index is 1150. The van der Waals surface area contributed by atoms with Crippen LogP contribution < -0.4 is 15.2 Å². The van der Waals surface area contributed by atoms with Crippen molar-refractivity contribution in [1.82, 2.24) is 4.98 Å². The molecule has 0 bridgehead atoms. The van der Waals surface area contributed by atoms with Gasteiger partial charge in [0, 0.05) is 28.8 Å². The number of carbonyl (C=O) groups excluding carboxylic acids is 1. The lowest BCUT2D eigenvalue weighted by Crippen LogP contribution is -2.39. The highest BCUT2D eigenvalue weighted by atomic mass is 16.5. The van der Waals surface area contributed by atoms with E-state index >= 15 is 0 Å². The van der Waals surface area contributed by atoms with Crippen LogP contribution in [0.15, 0.2) is 47.3 Å². The van der Waals surface area contributed by atoms with Crippen LogP contribution in [0.4, 0.5) is 5.69 Å². The van der Waals surface area contributed by atoms with Crippen LogP contribution in [-0.4, -0.2) is 30.7 Å². The normalized spacial score (nSPS) is 16.0. The summed E-state index contributed by atoms with van der Waals surface area (Å²) in [5.74, 6) is 0.600. The topological polar surface area (TPSA) is 71.6 Å². The van der Waals surface area contributed by atoms with Crippen LogP contribution >= 0.6 is 0 Å². The molecule has 1 aliphatic rings. The Hall–Kier alpha value is -3.12. The van der Waals surface area contributed by atoms with Gasteiger partial charge in [0.05, 0.1) is 13.7 Å². The summed E-state index contributed by atoms with van der Waals surface area (Å²) in [6.45, 7) is 4.81. The van der Waals surface area contributed by atoms with Crippen LogP contribution in [0.5, 0.6) is 5.75 Å². The van der Waals surface area contributed by atoms with E-state index < -0.39 is 6.10 Å². The molecule has 6 nitrogen and oxygen atoms in total. The zero-order valence-corrected chi connectivity index (χ0v) is 17.5. The molecule has 0 radical (unpaired) electrons. The molecular formula is C24H26N2O4. The summed E-state index contributed by atoms with van der Waals surface area (Å²) >= 11 is 0. The number of hydrogen-bond donors (Lipinski definition) is 1. The summed E-state index contributed by atoms with van der Waals surface area (Å²) < 4.78 is 10.9. The first-order valence-corrected chi connectivity index (χ1v) is 10.2. The zero-order valence-electron chi connectivity index (χ0n) is 17.5. The first-order chi connectivity index (χ1) is 14.5. The highest BCUT2D eigenvalue weighted by molar-refractivity contribution is 5.97. The average Bonchev–Trinajstić information content (AvgIpc) is 3.28. The maximum absolute atomic E-state index is 13.3. The number of nitrogens with one attached hydrogen (secondary N) is 1. The first kappa shape index (κ1) is 20.2. The van der Waals surface area contributed by atoms with E-state index in [0.29, 0.717) is 24.3 Å². The van der Waals surface area contributed by atoms with Gasteiger partial charge in [-0.2, -0.15) is 0 Å².